The summed E-state index contributed by atoms with van der Waals surface area (Å²) >= 11 is 0. The molecule has 0 aromatic carbocycles. The van der Waals surface area contributed by atoms with Gasteiger partial charge in [0.05, 0.1) is 59.0 Å². The number of aliphatic hydroxyl groups is 1. The van der Waals surface area contributed by atoms with Crippen molar-refractivity contribution < 1.29 is 88.7 Å². The third kappa shape index (κ3) is 47.1. The fourth-order valence-corrected chi connectivity index (χ4v) is 15.1. The summed E-state index contributed by atoms with van der Waals surface area (Å²) in [5, 5.41) is 12.8. The summed E-state index contributed by atoms with van der Waals surface area (Å²) in [6.45, 7) is 24.1. The summed E-state index contributed by atoms with van der Waals surface area (Å²) in [4.78, 5) is 0. The van der Waals surface area contributed by atoms with Crippen LogP contribution in [0.25, 0.3) is 0 Å². The highest BCUT2D eigenvalue weighted by molar-refractivity contribution is 7.48. The minimum Gasteiger partial charge on any atom is -0.387 e. The van der Waals surface area contributed by atoms with Gasteiger partial charge in [-0.15, -0.1) is 26.3 Å². The molecule has 0 amide bonds. The van der Waals surface area contributed by atoms with Crippen LogP contribution in [0.2, 0.25) is 0 Å². The van der Waals surface area contributed by atoms with Gasteiger partial charge in [0.15, 0.2) is 12.6 Å². The first-order valence-corrected chi connectivity index (χ1v) is 43.3. The lowest BCUT2D eigenvalue weighted by Gasteiger charge is -2.47. The molecule has 11 atom stereocenters. The zero-order valence-electron chi connectivity index (χ0n) is 64.8. The van der Waals surface area contributed by atoms with Crippen LogP contribution in [0.15, 0.2) is 62.8 Å². The van der Waals surface area contributed by atoms with E-state index >= 15 is 0 Å². The fourth-order valence-electron chi connectivity index (χ4n) is 12.6. The fraction of sp³-hybridized carbons (Fsp3) is 0.875. The number of allylic oxidation sites excluding steroid dienone is 2. The summed E-state index contributed by atoms with van der Waals surface area (Å²) in [5.74, 6) is 0. The number of methoxy groups -OCH3 is 2. The predicted molar refractivity (Wildman–Crippen MR) is 409 cm³/mol. The Bertz CT molecular complexity index is 2010. The van der Waals surface area contributed by atoms with Crippen LogP contribution in [0.5, 0.6) is 0 Å². The van der Waals surface area contributed by atoms with E-state index in [9.17, 15) is 14.2 Å². The van der Waals surface area contributed by atoms with Crippen LogP contribution in [0.1, 0.15) is 291 Å². The number of aliphatic hydroxyl groups excluding tert-OH is 1. The van der Waals surface area contributed by atoms with Gasteiger partial charge in [0.2, 0.25) is 0 Å². The van der Waals surface area contributed by atoms with Crippen molar-refractivity contribution in [2.24, 2.45) is 0 Å². The minimum absolute atomic E-state index is 0.0496. The number of rotatable bonds is 76. The van der Waals surface area contributed by atoms with Crippen molar-refractivity contribution in [1.29, 1.82) is 0 Å². The van der Waals surface area contributed by atoms with Gasteiger partial charge in [-0.1, -0.05) is 270 Å². The third-order valence-electron chi connectivity index (χ3n) is 18.5. The van der Waals surface area contributed by atoms with E-state index in [2.05, 4.69) is 66.2 Å². The van der Waals surface area contributed by atoms with Gasteiger partial charge < -0.3 is 52.5 Å². The predicted octanol–water partition coefficient (Wildman–Crippen LogP) is 21.1. The Kier molecular flexibility index (Phi) is 63.1. The summed E-state index contributed by atoms with van der Waals surface area (Å²) < 4.78 is 130. The van der Waals surface area contributed by atoms with E-state index in [1.165, 1.54) is 172 Å². The van der Waals surface area contributed by atoms with Crippen LogP contribution in [0, 0.1) is 0 Å². The van der Waals surface area contributed by atoms with Gasteiger partial charge in [0.25, 0.3) is 0 Å². The first kappa shape index (κ1) is 95.6. The second kappa shape index (κ2) is 66.7. The standard InChI is InChI=1S/C80H150O19P2/c1-11-19-23-27-30-33-36-37-38-39-40-41-44-47-51-55-64-88-78-76(89-65-57-70(85-10)56-52-48-26-22-14-4)74(99-101(83,94-60-17-7)95-61-18-8)72(68-84-9)98-80(78)91-69-71-73(81)75(86-62-53-49-45-42-34-31-28-24-20-12-2)77(87-63-54-50-46-43-35-32-29-25-21-13-3)79(97-71)90-66-67-96-100(82,92-58-15-5)93-59-16-6/h15-18,33,36,70-81H,5-8,11-14,19-32,34-35,37-69H2,1-4,9-10H3/t70-,71-,72-,73-,74-,75+,76+,77-,78-,79+,80-/m1/s1. The molecule has 101 heavy (non-hydrogen) atoms. The summed E-state index contributed by atoms with van der Waals surface area (Å²) in [6, 6.07) is 0. The first-order chi connectivity index (χ1) is 49.5. The monoisotopic (exact) mass is 1480 g/mol. The molecule has 0 aromatic heterocycles. The van der Waals surface area contributed by atoms with E-state index in [-0.39, 0.29) is 65.6 Å². The van der Waals surface area contributed by atoms with Crippen LogP contribution in [0.3, 0.4) is 0 Å². The van der Waals surface area contributed by atoms with E-state index in [0.29, 0.717) is 26.2 Å². The summed E-state index contributed by atoms with van der Waals surface area (Å²) in [5.41, 5.74) is 0. The molecule has 0 saturated carbocycles. The van der Waals surface area contributed by atoms with Gasteiger partial charge in [0, 0.05) is 40.6 Å². The number of ether oxygens (including phenoxy) is 10. The van der Waals surface area contributed by atoms with Crippen molar-refractivity contribution in [2.75, 3.05) is 93.5 Å². The maximum atomic E-state index is 14.8. The van der Waals surface area contributed by atoms with Crippen molar-refractivity contribution in [1.82, 2.24) is 0 Å². The Balaban J connectivity index is 2.64. The topological polar surface area (TPSA) is 202 Å². The number of phosphoric ester groups is 2. The molecule has 1 N–H and O–H groups in total. The molecule has 2 aliphatic heterocycles. The Morgan fingerprint density at radius 2 is 0.743 bits per heavy atom. The van der Waals surface area contributed by atoms with Crippen LogP contribution >= 0.6 is 15.6 Å². The number of unbranched alkanes of at least 4 members (excludes halogenated alkanes) is 34. The lowest BCUT2D eigenvalue weighted by molar-refractivity contribution is -0.343. The maximum absolute atomic E-state index is 14.8. The molecule has 2 heterocycles. The highest BCUT2D eigenvalue weighted by Gasteiger charge is 2.53. The molecule has 19 nitrogen and oxygen atoms in total. The zero-order valence-corrected chi connectivity index (χ0v) is 66.6. The second-order valence-corrected chi connectivity index (χ2v) is 30.7. The van der Waals surface area contributed by atoms with Gasteiger partial charge in [-0.3, -0.25) is 27.1 Å². The molecule has 2 fully saturated rings. The molecule has 0 aliphatic carbocycles. The van der Waals surface area contributed by atoms with Gasteiger partial charge >= 0.3 is 15.6 Å². The lowest BCUT2D eigenvalue weighted by Crippen LogP contribution is -2.64. The molecule has 21 heteroatoms. The van der Waals surface area contributed by atoms with Gasteiger partial charge in [0.1, 0.15) is 48.8 Å². The minimum atomic E-state index is -4.38. The SMILES string of the molecule is C=CCOP(=O)(OCC=C)OCCO[C@H]1O[C@H](CO[C@@H]2O[C@H](COC)[C@@H](OP(=O)(OCC=C)OCC=C)[C@H](OCC[C@@H](CCCCCCC)OC)[C@H]2OCCCCCCCCCCC=CCCCCCC)[C@@H](O)[C@H](OCCCCCCCCCCCC)[C@H]1OCCCCCCCCCCCC. The highest BCUT2D eigenvalue weighted by atomic mass is 31.2. The molecular formula is C80H150O19P2. The largest absolute Gasteiger partial charge is 0.475 e. The third-order valence-corrected chi connectivity index (χ3v) is 21.4. The highest BCUT2D eigenvalue weighted by Crippen LogP contribution is 2.53. The number of hydrogen-bond donors (Lipinski definition) is 1. The molecule has 2 saturated heterocycles. The molecule has 0 radical (unpaired) electrons. The van der Waals surface area contributed by atoms with E-state index < -0.39 is 77.1 Å². The Morgan fingerprint density at radius 3 is 1.19 bits per heavy atom. The molecule has 0 spiro atoms. The molecule has 2 aliphatic rings. The molecule has 0 unspecified atom stereocenters. The van der Waals surface area contributed by atoms with E-state index in [4.69, 9.17) is 74.5 Å². The van der Waals surface area contributed by atoms with E-state index in [0.717, 1.165) is 109 Å². The number of phosphoric acid groups is 2. The molecule has 594 valence electrons. The summed E-state index contributed by atoms with van der Waals surface area (Å²) in [7, 11) is -5.16. The van der Waals surface area contributed by atoms with Crippen molar-refractivity contribution in [3.05, 3.63) is 62.8 Å². The Morgan fingerprint density at radius 1 is 0.366 bits per heavy atom. The zero-order chi connectivity index (χ0) is 73.4. The summed E-state index contributed by atoms with van der Waals surface area (Å²) in [6.07, 6.45) is 46.2. The normalized spacial score (nSPS) is 21.6. The van der Waals surface area contributed by atoms with Gasteiger partial charge in [-0.2, -0.15) is 0 Å². The second-order valence-electron chi connectivity index (χ2n) is 27.4. The smallest absolute Gasteiger partial charge is 0.387 e. The molecule has 0 bridgehead atoms. The van der Waals surface area contributed by atoms with Crippen LogP contribution in [0.4, 0.5) is 0 Å². The van der Waals surface area contributed by atoms with Gasteiger partial charge in [-0.05, 0) is 57.8 Å². The van der Waals surface area contributed by atoms with Crippen LogP contribution < -0.4 is 0 Å². The molecule has 0 aromatic rings. The van der Waals surface area contributed by atoms with Crippen LogP contribution in [-0.2, 0) is 83.6 Å². The number of hydrogen-bond acceptors (Lipinski definition) is 19. The van der Waals surface area contributed by atoms with Gasteiger partial charge in [-0.25, -0.2) is 9.13 Å². The average Bonchev–Trinajstić information content (AvgIpc) is 0.789. The Labute approximate surface area is 616 Å². The first-order valence-electron chi connectivity index (χ1n) is 40.4. The van der Waals surface area contributed by atoms with E-state index in [1.54, 1.807) is 14.2 Å². The van der Waals surface area contributed by atoms with Crippen molar-refractivity contribution in [2.45, 2.75) is 358 Å². The van der Waals surface area contributed by atoms with Crippen molar-refractivity contribution in [3.63, 3.8) is 0 Å². The van der Waals surface area contributed by atoms with Crippen molar-refractivity contribution >= 4 is 15.6 Å². The van der Waals surface area contributed by atoms with Crippen LogP contribution in [-0.4, -0.2) is 166 Å². The maximum Gasteiger partial charge on any atom is 0.475 e. The van der Waals surface area contributed by atoms with E-state index in [1.807, 2.05) is 0 Å². The molecular weight excluding hydrogens is 1330 g/mol. The Hall–Kier alpha value is -1.52. The van der Waals surface area contributed by atoms with Crippen molar-refractivity contribution in [3.8, 4) is 0 Å². The molecule has 2 rings (SSSR count). The lowest BCUT2D eigenvalue weighted by atomic mass is 9.97. The quantitative estimate of drug-likeness (QED) is 0.0342. The average molecular weight is 1480 g/mol.